The summed E-state index contributed by atoms with van der Waals surface area (Å²) in [5.74, 6) is 0.598. The maximum atomic E-state index is 12.2. The van der Waals surface area contributed by atoms with Crippen molar-refractivity contribution in [2.24, 2.45) is 0 Å². The molecule has 4 aromatic rings. The number of anilines is 2. The number of H-pyrrole nitrogens is 1. The zero-order valence-electron chi connectivity index (χ0n) is 14.3. The van der Waals surface area contributed by atoms with E-state index in [0.717, 1.165) is 22.0 Å². The highest BCUT2D eigenvalue weighted by Gasteiger charge is 2.14. The Hall–Kier alpha value is -2.92. The van der Waals surface area contributed by atoms with Crippen molar-refractivity contribution in [3.8, 4) is 11.3 Å². The van der Waals surface area contributed by atoms with E-state index in [1.165, 1.54) is 11.5 Å². The van der Waals surface area contributed by atoms with Crippen LogP contribution in [0.2, 0.25) is 0 Å². The van der Waals surface area contributed by atoms with Gasteiger partial charge < -0.3 is 10.6 Å². The molecule has 0 aliphatic rings. The largest absolute Gasteiger partial charge is 0.328 e. The Morgan fingerprint density at radius 3 is 3.00 bits per heavy atom. The number of nitrogens with one attached hydrogen (secondary N) is 3. The van der Waals surface area contributed by atoms with E-state index < -0.39 is 6.43 Å². The van der Waals surface area contributed by atoms with Gasteiger partial charge in [-0.2, -0.15) is 9.47 Å². The van der Waals surface area contributed by atoms with Crippen molar-refractivity contribution in [2.75, 3.05) is 11.9 Å². The first-order chi connectivity index (χ1) is 13.1. The summed E-state index contributed by atoms with van der Waals surface area (Å²) < 4.78 is 30.6. The van der Waals surface area contributed by atoms with Gasteiger partial charge in [-0.25, -0.2) is 18.7 Å². The number of rotatable bonds is 7. The van der Waals surface area contributed by atoms with Crippen LogP contribution in [-0.2, 0) is 6.54 Å². The molecule has 0 aliphatic carbocycles. The molecule has 0 unspecified atom stereocenters. The predicted molar refractivity (Wildman–Crippen MR) is 98.4 cm³/mol. The summed E-state index contributed by atoms with van der Waals surface area (Å²) in [4.78, 5) is 9.00. The minimum absolute atomic E-state index is 0.285. The van der Waals surface area contributed by atoms with Crippen molar-refractivity contribution in [3.05, 3.63) is 42.2 Å². The van der Waals surface area contributed by atoms with Gasteiger partial charge in [-0.05, 0) is 24.5 Å². The molecule has 0 aromatic carbocycles. The smallest absolute Gasteiger partial charge is 0.250 e. The van der Waals surface area contributed by atoms with E-state index in [-0.39, 0.29) is 13.1 Å². The van der Waals surface area contributed by atoms with Crippen LogP contribution in [0.1, 0.15) is 11.4 Å². The second-order valence-electron chi connectivity index (χ2n) is 5.88. The molecule has 0 bridgehead atoms. The molecule has 0 saturated carbocycles. The topological polar surface area (TPSA) is 95.8 Å². The van der Waals surface area contributed by atoms with Crippen LogP contribution < -0.4 is 10.6 Å². The maximum Gasteiger partial charge on any atom is 0.250 e. The third-order valence-corrected chi connectivity index (χ3v) is 4.55. The Morgan fingerprint density at radius 1 is 1.33 bits per heavy atom. The average Bonchev–Trinajstić information content (AvgIpc) is 3.34. The number of fused-ring (bicyclic) bond motifs is 1. The highest BCUT2D eigenvalue weighted by molar-refractivity contribution is 7.10. The van der Waals surface area contributed by atoms with Crippen LogP contribution in [0.25, 0.3) is 16.9 Å². The van der Waals surface area contributed by atoms with E-state index in [1.807, 2.05) is 23.6 Å². The summed E-state index contributed by atoms with van der Waals surface area (Å²) in [6.07, 6.45) is 4.82. The first-order valence-corrected chi connectivity index (χ1v) is 8.93. The van der Waals surface area contributed by atoms with Gasteiger partial charge in [0.1, 0.15) is 5.00 Å². The summed E-state index contributed by atoms with van der Waals surface area (Å²) in [5.41, 5.74) is 3.99. The zero-order chi connectivity index (χ0) is 18.8. The molecule has 0 radical (unpaired) electrons. The van der Waals surface area contributed by atoms with Gasteiger partial charge in [-0.3, -0.25) is 9.50 Å². The van der Waals surface area contributed by atoms with E-state index in [4.69, 9.17) is 0 Å². The molecule has 0 atom stereocenters. The molecule has 4 heterocycles. The summed E-state index contributed by atoms with van der Waals surface area (Å²) in [6.45, 7) is 1.83. The summed E-state index contributed by atoms with van der Waals surface area (Å²) in [6, 6.07) is 1.81. The molecule has 3 N–H and O–H groups in total. The summed E-state index contributed by atoms with van der Waals surface area (Å²) >= 11 is 1.24. The minimum Gasteiger partial charge on any atom is -0.328 e. The lowest BCUT2D eigenvalue weighted by Gasteiger charge is -2.07. The van der Waals surface area contributed by atoms with Crippen LogP contribution >= 0.6 is 11.5 Å². The van der Waals surface area contributed by atoms with Gasteiger partial charge >= 0.3 is 0 Å². The molecule has 0 fully saturated rings. The van der Waals surface area contributed by atoms with Gasteiger partial charge in [-0.15, -0.1) is 0 Å². The first-order valence-electron chi connectivity index (χ1n) is 8.15. The van der Waals surface area contributed by atoms with Gasteiger partial charge in [0.05, 0.1) is 36.0 Å². The van der Waals surface area contributed by atoms with Crippen LogP contribution in [0.5, 0.6) is 0 Å². The van der Waals surface area contributed by atoms with Crippen LogP contribution in [0.4, 0.5) is 19.6 Å². The Balaban J connectivity index is 1.58. The number of aromatic amines is 1. The molecule has 8 nitrogen and oxygen atoms in total. The Bertz CT molecular complexity index is 1040. The van der Waals surface area contributed by atoms with Crippen molar-refractivity contribution in [1.82, 2.24) is 34.3 Å². The number of aryl methyl sites for hydroxylation is 1. The molecule has 4 aromatic heterocycles. The minimum atomic E-state index is -2.38. The lowest BCUT2D eigenvalue weighted by atomic mass is 10.3. The Morgan fingerprint density at radius 2 is 2.22 bits per heavy atom. The molecule has 4 rings (SSSR count). The van der Waals surface area contributed by atoms with Crippen molar-refractivity contribution in [1.29, 1.82) is 0 Å². The van der Waals surface area contributed by atoms with Crippen molar-refractivity contribution in [3.63, 3.8) is 0 Å². The number of alkyl halides is 2. The lowest BCUT2D eigenvalue weighted by molar-refractivity contribution is 0.145. The standard InChI is InChI=1S/C16H16F2N8S/c1-9-8-26-12(10-3-21-22-4-10)6-20-16(26)15(23-9)24-14-2-11(25-27-14)5-19-7-13(17)18/h2-4,6,8,13,19H,5,7H2,1H3,(H,21,22)(H,23,24). The highest BCUT2D eigenvalue weighted by Crippen LogP contribution is 2.27. The quantitative estimate of drug-likeness (QED) is 0.449. The number of hydrogen-bond acceptors (Lipinski definition) is 7. The lowest BCUT2D eigenvalue weighted by Crippen LogP contribution is -2.20. The molecule has 0 saturated heterocycles. The highest BCUT2D eigenvalue weighted by atomic mass is 32.1. The Labute approximate surface area is 156 Å². The van der Waals surface area contributed by atoms with Crippen LogP contribution in [0.3, 0.4) is 0 Å². The zero-order valence-corrected chi connectivity index (χ0v) is 15.1. The molecule has 0 spiro atoms. The third-order valence-electron chi connectivity index (χ3n) is 3.81. The SMILES string of the molecule is Cc1cn2c(-c3cn[nH]c3)cnc2c(Nc2cc(CNCC(F)F)ns2)n1. The van der Waals surface area contributed by atoms with Crippen molar-refractivity contribution < 1.29 is 8.78 Å². The van der Waals surface area contributed by atoms with E-state index in [2.05, 4.69) is 35.2 Å². The number of nitrogens with zero attached hydrogens (tertiary/aromatic N) is 5. The number of imidazole rings is 1. The fourth-order valence-electron chi connectivity index (χ4n) is 2.68. The number of aromatic nitrogens is 6. The normalized spacial score (nSPS) is 11.6. The van der Waals surface area contributed by atoms with Gasteiger partial charge in [0, 0.05) is 24.5 Å². The van der Waals surface area contributed by atoms with Crippen LogP contribution in [-0.4, -0.2) is 41.9 Å². The fraction of sp³-hybridized carbons (Fsp3) is 0.250. The van der Waals surface area contributed by atoms with Crippen LogP contribution in [0.15, 0.2) is 30.9 Å². The van der Waals surface area contributed by atoms with Crippen molar-refractivity contribution in [2.45, 2.75) is 19.9 Å². The summed E-state index contributed by atoms with van der Waals surface area (Å²) in [7, 11) is 0. The second-order valence-corrected chi connectivity index (χ2v) is 6.69. The maximum absolute atomic E-state index is 12.2. The predicted octanol–water partition coefficient (Wildman–Crippen LogP) is 2.98. The number of hydrogen-bond donors (Lipinski definition) is 3. The third kappa shape index (κ3) is 3.78. The van der Waals surface area contributed by atoms with E-state index in [9.17, 15) is 8.78 Å². The molecule has 11 heteroatoms. The fourth-order valence-corrected chi connectivity index (χ4v) is 3.34. The average molecular weight is 390 g/mol. The van der Waals surface area contributed by atoms with Gasteiger partial charge in [0.25, 0.3) is 6.43 Å². The molecule has 0 amide bonds. The summed E-state index contributed by atoms with van der Waals surface area (Å²) in [5, 5.41) is 13.4. The molecular formula is C16H16F2N8S. The first kappa shape index (κ1) is 17.5. The van der Waals surface area contributed by atoms with E-state index in [1.54, 1.807) is 18.6 Å². The van der Waals surface area contributed by atoms with Gasteiger partial charge in [0.2, 0.25) is 0 Å². The van der Waals surface area contributed by atoms with E-state index in [0.29, 0.717) is 17.2 Å². The second kappa shape index (κ2) is 7.37. The van der Waals surface area contributed by atoms with Gasteiger partial charge in [-0.1, -0.05) is 0 Å². The van der Waals surface area contributed by atoms with Gasteiger partial charge in [0.15, 0.2) is 11.5 Å². The molecular weight excluding hydrogens is 374 g/mol. The van der Waals surface area contributed by atoms with Crippen LogP contribution in [0, 0.1) is 6.92 Å². The monoisotopic (exact) mass is 390 g/mol. The van der Waals surface area contributed by atoms with E-state index >= 15 is 0 Å². The molecule has 0 aliphatic heterocycles. The van der Waals surface area contributed by atoms with Crippen molar-refractivity contribution >= 4 is 28.0 Å². The number of halogens is 2. The molecule has 140 valence electrons. The molecule has 27 heavy (non-hydrogen) atoms. The Kier molecular flexibility index (Phi) is 4.77.